The van der Waals surface area contributed by atoms with E-state index in [1.54, 1.807) is 30.3 Å². The highest BCUT2D eigenvalue weighted by Gasteiger charge is 2.15. The summed E-state index contributed by atoms with van der Waals surface area (Å²) in [7, 11) is 0. The van der Waals surface area contributed by atoms with Crippen molar-refractivity contribution in [3.63, 3.8) is 0 Å². The predicted octanol–water partition coefficient (Wildman–Crippen LogP) is 6.79. The molecule has 0 fully saturated rings. The Kier molecular flexibility index (Phi) is 11.4. The lowest BCUT2D eigenvalue weighted by Gasteiger charge is -2.21. The van der Waals surface area contributed by atoms with E-state index in [9.17, 15) is 4.39 Å². The molecule has 1 heterocycles. The van der Waals surface area contributed by atoms with Crippen molar-refractivity contribution in [3.8, 4) is 5.69 Å². The molecular weight excluding hydrogens is 413 g/mol. The van der Waals surface area contributed by atoms with E-state index in [-0.39, 0.29) is 18.0 Å². The first-order valence-electron chi connectivity index (χ1n) is 8.68. The first kappa shape index (κ1) is 25.1. The van der Waals surface area contributed by atoms with E-state index in [1.165, 1.54) is 12.1 Å². The summed E-state index contributed by atoms with van der Waals surface area (Å²) in [5.41, 5.74) is 1.97. The molecule has 6 heteroatoms. The van der Waals surface area contributed by atoms with Crippen LogP contribution in [0.5, 0.6) is 0 Å². The molecule has 1 atom stereocenters. The third-order valence-corrected chi connectivity index (χ3v) is 5.06. The van der Waals surface area contributed by atoms with Crippen LogP contribution in [0, 0.1) is 5.82 Å². The summed E-state index contributed by atoms with van der Waals surface area (Å²) in [5, 5.41) is 4.40. The lowest BCUT2D eigenvalue weighted by Crippen LogP contribution is -2.26. The number of benzene rings is 1. The molecule has 1 N–H and O–H groups in total. The predicted molar refractivity (Wildman–Crippen MR) is 118 cm³/mol. The van der Waals surface area contributed by atoms with E-state index < -0.39 is 0 Å². The monoisotopic (exact) mass is 445 g/mol. The van der Waals surface area contributed by atoms with Crippen molar-refractivity contribution in [1.29, 1.82) is 0 Å². The first-order valence-corrected chi connectivity index (χ1v) is 10.3. The maximum Gasteiger partial charge on any atom is 0.123 e. The van der Waals surface area contributed by atoms with Gasteiger partial charge in [-0.25, -0.2) is 9.07 Å². The molecule has 0 bridgehead atoms. The van der Waals surface area contributed by atoms with Gasteiger partial charge in [-0.3, -0.25) is 4.72 Å². The van der Waals surface area contributed by atoms with E-state index in [1.807, 2.05) is 18.5 Å². The van der Waals surface area contributed by atoms with Gasteiger partial charge < -0.3 is 0 Å². The normalized spacial score (nSPS) is 12.0. The molecule has 0 aliphatic rings. The van der Waals surface area contributed by atoms with Gasteiger partial charge >= 0.3 is 0 Å². The Hall–Kier alpha value is -0.850. The van der Waals surface area contributed by atoms with E-state index in [0.717, 1.165) is 28.7 Å². The number of halogens is 2. The van der Waals surface area contributed by atoms with Crippen molar-refractivity contribution < 1.29 is 4.39 Å². The van der Waals surface area contributed by atoms with Gasteiger partial charge in [0.25, 0.3) is 0 Å². The topological polar surface area (TPSA) is 29.9 Å². The Balaban J connectivity index is 0.00000201. The van der Waals surface area contributed by atoms with Crippen molar-refractivity contribution in [3.05, 3.63) is 46.4 Å². The van der Waals surface area contributed by atoms with Gasteiger partial charge in [0.2, 0.25) is 0 Å². The standard InChI is InChI=1S/C17H23BrFN3S.C2H6.CH4/c1-12(21-23-17(2,3)4)5-10-16-15(18)11-20-22(16)14-8-6-13(19)7-9-14;1-2;/h6-9,11-12,21H,5,10H2,1-4H3;1-2H3;1H4/t12-;;/m0../s1. The number of hydrogen-bond donors (Lipinski definition) is 1. The molecule has 3 nitrogen and oxygen atoms in total. The summed E-state index contributed by atoms with van der Waals surface area (Å²) in [6.07, 6.45) is 3.67. The van der Waals surface area contributed by atoms with Crippen LogP contribution in [0.3, 0.4) is 0 Å². The third-order valence-electron chi connectivity index (χ3n) is 3.27. The van der Waals surface area contributed by atoms with Crippen LogP contribution in [-0.4, -0.2) is 20.6 Å². The fourth-order valence-electron chi connectivity index (χ4n) is 2.07. The summed E-state index contributed by atoms with van der Waals surface area (Å²) >= 11 is 5.33. The Labute approximate surface area is 171 Å². The molecule has 2 aromatic rings. The largest absolute Gasteiger partial charge is 0.261 e. The quantitative estimate of drug-likeness (QED) is 0.495. The van der Waals surface area contributed by atoms with Gasteiger partial charge in [0.05, 0.1) is 22.1 Å². The Morgan fingerprint density at radius 2 is 1.81 bits per heavy atom. The van der Waals surface area contributed by atoms with Crippen molar-refractivity contribution >= 4 is 27.9 Å². The Morgan fingerprint density at radius 3 is 2.35 bits per heavy atom. The van der Waals surface area contributed by atoms with Gasteiger partial charge in [-0.15, -0.1) is 0 Å². The molecule has 2 rings (SSSR count). The molecule has 148 valence electrons. The Morgan fingerprint density at radius 1 is 1.23 bits per heavy atom. The third kappa shape index (κ3) is 8.23. The molecule has 0 aliphatic carbocycles. The molecule has 0 amide bonds. The van der Waals surface area contributed by atoms with Gasteiger partial charge in [0, 0.05) is 10.8 Å². The van der Waals surface area contributed by atoms with Crippen LogP contribution < -0.4 is 4.72 Å². The highest BCUT2D eigenvalue weighted by molar-refractivity contribution is 9.10. The molecule has 1 aromatic heterocycles. The van der Waals surface area contributed by atoms with Crippen LogP contribution in [0.25, 0.3) is 5.69 Å². The maximum atomic E-state index is 13.1. The van der Waals surface area contributed by atoms with E-state index >= 15 is 0 Å². The van der Waals surface area contributed by atoms with E-state index in [2.05, 4.69) is 53.4 Å². The second-order valence-corrected chi connectivity index (χ2v) is 9.12. The molecule has 0 radical (unpaired) electrons. The van der Waals surface area contributed by atoms with Crippen molar-refractivity contribution in [1.82, 2.24) is 14.5 Å². The minimum atomic E-state index is -0.237. The second kappa shape index (κ2) is 11.8. The van der Waals surface area contributed by atoms with Gasteiger partial charge in [-0.2, -0.15) is 5.10 Å². The van der Waals surface area contributed by atoms with Crippen LogP contribution in [0.15, 0.2) is 34.9 Å². The zero-order chi connectivity index (χ0) is 19.0. The fourth-order valence-corrected chi connectivity index (χ4v) is 3.20. The summed E-state index contributed by atoms with van der Waals surface area (Å²) < 4.78 is 19.6. The summed E-state index contributed by atoms with van der Waals surface area (Å²) in [5.74, 6) is -0.237. The molecule has 0 unspecified atom stereocenters. The van der Waals surface area contributed by atoms with Gasteiger partial charge in [-0.05, 0) is 80.7 Å². The molecule has 1 aromatic carbocycles. The number of nitrogens with zero attached hydrogens (tertiary/aromatic N) is 2. The average molecular weight is 446 g/mol. The summed E-state index contributed by atoms with van der Waals surface area (Å²) in [4.78, 5) is 0. The molecule has 0 saturated heterocycles. The second-order valence-electron chi connectivity index (χ2n) is 6.60. The van der Waals surface area contributed by atoms with E-state index in [0.29, 0.717) is 6.04 Å². The minimum absolute atomic E-state index is 0. The number of rotatable bonds is 6. The molecule has 0 aliphatic heterocycles. The van der Waals surface area contributed by atoms with Crippen LogP contribution in [-0.2, 0) is 6.42 Å². The Bertz CT molecular complexity index is 635. The maximum absolute atomic E-state index is 13.1. The zero-order valence-corrected chi connectivity index (χ0v) is 18.3. The number of nitrogens with one attached hydrogen (secondary N) is 1. The van der Waals surface area contributed by atoms with Gasteiger partial charge in [-0.1, -0.05) is 33.2 Å². The number of aromatic nitrogens is 2. The molecule has 0 spiro atoms. The first-order chi connectivity index (χ1) is 11.8. The molecule has 0 saturated carbocycles. The lowest BCUT2D eigenvalue weighted by atomic mass is 10.1. The highest BCUT2D eigenvalue weighted by Crippen LogP contribution is 2.24. The minimum Gasteiger partial charge on any atom is -0.261 e. The van der Waals surface area contributed by atoms with Gasteiger partial charge in [0.1, 0.15) is 5.82 Å². The lowest BCUT2D eigenvalue weighted by molar-refractivity contribution is 0.605. The number of hydrogen-bond acceptors (Lipinski definition) is 3. The van der Waals surface area contributed by atoms with Crippen molar-refractivity contribution in [2.75, 3.05) is 0 Å². The van der Waals surface area contributed by atoms with Crippen molar-refractivity contribution in [2.45, 2.75) is 72.6 Å². The van der Waals surface area contributed by atoms with Crippen LogP contribution in [0.1, 0.15) is 61.1 Å². The average Bonchev–Trinajstić information content (AvgIpc) is 2.94. The molecular formula is C20H33BrFN3S. The molecule has 26 heavy (non-hydrogen) atoms. The van der Waals surface area contributed by atoms with Crippen LogP contribution >= 0.6 is 27.9 Å². The SMILES string of the molecule is C.CC.C[C@@H](CCc1c(Br)cnn1-c1ccc(F)cc1)NSC(C)(C)C. The summed E-state index contributed by atoms with van der Waals surface area (Å²) in [6.45, 7) is 12.8. The fraction of sp³-hybridized carbons (Fsp3) is 0.550. The van der Waals surface area contributed by atoms with Crippen molar-refractivity contribution in [2.24, 2.45) is 0 Å². The van der Waals surface area contributed by atoms with E-state index in [4.69, 9.17) is 0 Å². The smallest absolute Gasteiger partial charge is 0.123 e. The zero-order valence-electron chi connectivity index (χ0n) is 15.9. The highest BCUT2D eigenvalue weighted by atomic mass is 79.9. The van der Waals surface area contributed by atoms with Gasteiger partial charge in [0.15, 0.2) is 0 Å². The van der Waals surface area contributed by atoms with Crippen LogP contribution in [0.4, 0.5) is 4.39 Å². The summed E-state index contributed by atoms with van der Waals surface area (Å²) in [6, 6.07) is 6.80. The van der Waals surface area contributed by atoms with Crippen LogP contribution in [0.2, 0.25) is 0 Å².